The zero-order valence-electron chi connectivity index (χ0n) is 37.2. The first-order valence-corrected chi connectivity index (χ1v) is 21.9. The number of anilines is 2. The van der Waals surface area contributed by atoms with Crippen molar-refractivity contribution in [2.75, 3.05) is 30.0 Å². The van der Waals surface area contributed by atoms with E-state index in [2.05, 4.69) is 47.4 Å². The molecule has 7 rings (SSSR count). The number of hydrogen-bond donors (Lipinski definition) is 3. The number of ether oxygens (including phenoxy) is 3. The summed E-state index contributed by atoms with van der Waals surface area (Å²) < 4.78 is 18.4. The number of aryl methyl sites for hydroxylation is 2. The molecular weight excluding hydrogens is 789 g/mol. The molecule has 5 aromatic carbocycles. The van der Waals surface area contributed by atoms with Crippen molar-refractivity contribution in [2.24, 2.45) is 0 Å². The second kappa shape index (κ2) is 20.5. The fourth-order valence-electron chi connectivity index (χ4n) is 8.25. The lowest BCUT2D eigenvalue weighted by Crippen LogP contribution is -2.40. The molecule has 1 saturated heterocycles. The maximum atomic E-state index is 14.2. The number of nitrogens with zero attached hydrogens (tertiary/aromatic N) is 1. The number of aromatic amines is 1. The van der Waals surface area contributed by atoms with E-state index in [0.717, 1.165) is 69.7 Å². The highest BCUT2D eigenvalue weighted by atomic mass is 16.5. The Morgan fingerprint density at radius 1 is 0.762 bits per heavy atom. The summed E-state index contributed by atoms with van der Waals surface area (Å²) in [4.78, 5) is 46.4. The molecular formula is C53H58N4O6. The molecule has 3 N–H and O–H groups in total. The van der Waals surface area contributed by atoms with E-state index >= 15 is 0 Å². The average molecular weight is 847 g/mol. The van der Waals surface area contributed by atoms with Crippen LogP contribution < -0.4 is 30.6 Å². The highest BCUT2D eigenvalue weighted by Crippen LogP contribution is 2.37. The molecule has 10 nitrogen and oxygen atoms in total. The summed E-state index contributed by atoms with van der Waals surface area (Å²) in [6, 6.07) is 37.5. The third-order valence-electron chi connectivity index (χ3n) is 11.8. The minimum absolute atomic E-state index is 0.0700. The van der Waals surface area contributed by atoms with Crippen molar-refractivity contribution in [2.45, 2.75) is 86.1 Å². The normalized spacial score (nSPS) is 12.8. The molecule has 0 unspecified atom stereocenters. The standard InChI is InChI=1S/C53H58N4O6/c1-7-57(43-22-24-61-25-23-43)48-28-41(27-45(37(48)6)51(58)54-31-47-35(4)26-36(5)55-53(47)60)40-18-20-42(21-19-40)56-52(59)46-29-44(34(2)3)49(62-32-38-14-10-8-11-15-38)30-50(46)63-33-39-16-12-9-13-17-39/h8-21,26-30,34,43H,7,22-25,31-33H2,1-6H3,(H,54,58)(H,55,60)(H,56,59). The van der Waals surface area contributed by atoms with Crippen LogP contribution in [0.25, 0.3) is 11.1 Å². The largest absolute Gasteiger partial charge is 0.488 e. The molecule has 1 fully saturated rings. The van der Waals surface area contributed by atoms with E-state index in [4.69, 9.17) is 14.2 Å². The molecule has 1 aliphatic rings. The Hall–Kier alpha value is -6.65. The van der Waals surface area contributed by atoms with Crippen molar-refractivity contribution in [3.8, 4) is 22.6 Å². The number of hydrogen-bond acceptors (Lipinski definition) is 7. The van der Waals surface area contributed by atoms with Gasteiger partial charge in [0.25, 0.3) is 17.4 Å². The van der Waals surface area contributed by atoms with Gasteiger partial charge in [0.2, 0.25) is 0 Å². The zero-order valence-corrected chi connectivity index (χ0v) is 37.2. The number of amides is 2. The van der Waals surface area contributed by atoms with Crippen molar-refractivity contribution in [1.82, 2.24) is 10.3 Å². The molecule has 326 valence electrons. The predicted molar refractivity (Wildman–Crippen MR) is 251 cm³/mol. The van der Waals surface area contributed by atoms with Gasteiger partial charge in [-0.3, -0.25) is 14.4 Å². The smallest absolute Gasteiger partial charge is 0.259 e. The van der Waals surface area contributed by atoms with Gasteiger partial charge in [-0.25, -0.2) is 0 Å². The summed E-state index contributed by atoms with van der Waals surface area (Å²) >= 11 is 0. The van der Waals surface area contributed by atoms with Gasteiger partial charge in [-0.15, -0.1) is 0 Å². The summed E-state index contributed by atoms with van der Waals surface area (Å²) in [6.45, 7) is 14.9. The van der Waals surface area contributed by atoms with E-state index < -0.39 is 0 Å². The topological polar surface area (TPSA) is 122 Å². The van der Waals surface area contributed by atoms with Gasteiger partial charge in [-0.2, -0.15) is 0 Å². The fourth-order valence-corrected chi connectivity index (χ4v) is 8.25. The number of pyridine rings is 1. The number of benzene rings is 5. The monoisotopic (exact) mass is 846 g/mol. The Kier molecular flexibility index (Phi) is 14.4. The van der Waals surface area contributed by atoms with Gasteiger partial charge < -0.3 is 34.7 Å². The quantitative estimate of drug-likeness (QED) is 0.0887. The van der Waals surface area contributed by atoms with Crippen molar-refractivity contribution in [3.63, 3.8) is 0 Å². The van der Waals surface area contributed by atoms with E-state index in [9.17, 15) is 14.4 Å². The molecule has 0 radical (unpaired) electrons. The molecule has 10 heteroatoms. The molecule has 1 aromatic heterocycles. The summed E-state index contributed by atoms with van der Waals surface area (Å²) in [5.41, 5.74) is 9.97. The van der Waals surface area contributed by atoms with Gasteiger partial charge >= 0.3 is 0 Å². The van der Waals surface area contributed by atoms with Gasteiger partial charge in [-0.05, 0) is 122 Å². The van der Waals surface area contributed by atoms with Gasteiger partial charge in [0, 0.05) is 66.6 Å². The SMILES string of the molecule is CCN(c1cc(-c2ccc(NC(=O)c3cc(C(C)C)c(OCc4ccccc4)cc3OCc3ccccc3)cc2)cc(C(=O)NCc2c(C)cc(C)[nH]c2=O)c1C)C1CCOCC1. The molecule has 0 saturated carbocycles. The van der Waals surface area contributed by atoms with Crippen LogP contribution in [0.3, 0.4) is 0 Å². The van der Waals surface area contributed by atoms with E-state index in [-0.39, 0.29) is 42.5 Å². The fraction of sp³-hybridized carbons (Fsp3) is 0.302. The lowest BCUT2D eigenvalue weighted by molar-refractivity contribution is 0.0845. The van der Waals surface area contributed by atoms with Crippen molar-refractivity contribution in [3.05, 3.63) is 176 Å². The van der Waals surface area contributed by atoms with E-state index in [1.807, 2.05) is 130 Å². The maximum Gasteiger partial charge on any atom is 0.259 e. The molecule has 63 heavy (non-hydrogen) atoms. The van der Waals surface area contributed by atoms with Gasteiger partial charge in [0.05, 0.1) is 5.56 Å². The Balaban J connectivity index is 1.18. The lowest BCUT2D eigenvalue weighted by atomic mass is 9.95. The molecule has 2 heterocycles. The van der Waals surface area contributed by atoms with Crippen LogP contribution in [0.2, 0.25) is 0 Å². The van der Waals surface area contributed by atoms with E-state index in [1.54, 1.807) is 0 Å². The average Bonchev–Trinajstić information content (AvgIpc) is 3.29. The molecule has 0 spiro atoms. The summed E-state index contributed by atoms with van der Waals surface area (Å²) in [5, 5.41) is 6.15. The number of aromatic nitrogens is 1. The summed E-state index contributed by atoms with van der Waals surface area (Å²) in [5.74, 6) is 0.591. The molecule has 0 atom stereocenters. The van der Waals surface area contributed by atoms with Crippen LogP contribution in [-0.4, -0.2) is 42.6 Å². The van der Waals surface area contributed by atoms with Gasteiger partial charge in [-0.1, -0.05) is 86.6 Å². The summed E-state index contributed by atoms with van der Waals surface area (Å²) in [6.07, 6.45) is 1.79. The third-order valence-corrected chi connectivity index (χ3v) is 11.8. The van der Waals surface area contributed by atoms with Crippen LogP contribution >= 0.6 is 0 Å². The maximum absolute atomic E-state index is 14.2. The first-order valence-electron chi connectivity index (χ1n) is 21.9. The second-order valence-corrected chi connectivity index (χ2v) is 16.5. The van der Waals surface area contributed by atoms with Crippen molar-refractivity contribution in [1.29, 1.82) is 0 Å². The summed E-state index contributed by atoms with van der Waals surface area (Å²) in [7, 11) is 0. The third kappa shape index (κ3) is 10.9. The Morgan fingerprint density at radius 3 is 2.00 bits per heavy atom. The number of rotatable bonds is 16. The van der Waals surface area contributed by atoms with Crippen molar-refractivity contribution >= 4 is 23.2 Å². The Bertz CT molecular complexity index is 2580. The molecule has 2 amide bonds. The molecule has 0 aliphatic carbocycles. The highest BCUT2D eigenvalue weighted by molar-refractivity contribution is 6.06. The van der Waals surface area contributed by atoms with Crippen LogP contribution in [-0.2, 0) is 24.5 Å². The predicted octanol–water partition coefficient (Wildman–Crippen LogP) is 10.4. The van der Waals surface area contributed by atoms with Crippen LogP contribution in [0, 0.1) is 20.8 Å². The van der Waals surface area contributed by atoms with Gasteiger partial charge in [0.1, 0.15) is 24.7 Å². The van der Waals surface area contributed by atoms with Crippen LogP contribution in [0.5, 0.6) is 11.5 Å². The Morgan fingerprint density at radius 2 is 1.40 bits per heavy atom. The van der Waals surface area contributed by atoms with Crippen LogP contribution in [0.15, 0.2) is 120 Å². The van der Waals surface area contributed by atoms with E-state index in [1.165, 1.54) is 0 Å². The minimum atomic E-state index is -0.309. The number of H-pyrrole nitrogens is 1. The number of nitrogens with one attached hydrogen (secondary N) is 3. The molecule has 6 aromatic rings. The second-order valence-electron chi connectivity index (χ2n) is 16.5. The number of carbonyl (C=O) groups excluding carboxylic acids is 2. The van der Waals surface area contributed by atoms with Crippen molar-refractivity contribution < 1.29 is 23.8 Å². The van der Waals surface area contributed by atoms with Crippen LogP contribution in [0.1, 0.15) is 99.3 Å². The molecule has 1 aliphatic heterocycles. The first kappa shape index (κ1) is 44.4. The Labute approximate surface area is 370 Å². The molecule has 0 bridgehead atoms. The van der Waals surface area contributed by atoms with Crippen LogP contribution in [0.4, 0.5) is 11.4 Å². The zero-order chi connectivity index (χ0) is 44.5. The lowest BCUT2D eigenvalue weighted by Gasteiger charge is -2.37. The minimum Gasteiger partial charge on any atom is -0.488 e. The highest BCUT2D eigenvalue weighted by Gasteiger charge is 2.26. The van der Waals surface area contributed by atoms with E-state index in [0.29, 0.717) is 53.7 Å². The number of carbonyl (C=O) groups is 2. The van der Waals surface area contributed by atoms with Gasteiger partial charge in [0.15, 0.2) is 0 Å². The first-order chi connectivity index (χ1) is 30.5.